The highest BCUT2D eigenvalue weighted by atomic mass is 16.5. The molecule has 26 heavy (non-hydrogen) atoms. The summed E-state index contributed by atoms with van der Waals surface area (Å²) in [5.74, 6) is 1.49. The molecule has 1 saturated carbocycles. The van der Waals surface area contributed by atoms with E-state index in [0.717, 1.165) is 41.9 Å². The van der Waals surface area contributed by atoms with E-state index in [-0.39, 0.29) is 5.56 Å². The number of fused-ring (bicyclic) bond motifs is 1. The molecule has 0 spiro atoms. The minimum absolute atomic E-state index is 0.0837. The smallest absolute Gasteiger partial charge is 0.262 e. The Kier molecular flexibility index (Phi) is 4.49. The zero-order chi connectivity index (χ0) is 18.1. The second-order valence-electron chi connectivity index (χ2n) is 6.92. The van der Waals surface area contributed by atoms with Crippen molar-refractivity contribution in [3.63, 3.8) is 0 Å². The summed E-state index contributed by atoms with van der Waals surface area (Å²) in [6.45, 7) is 2.03. The summed E-state index contributed by atoms with van der Waals surface area (Å²) < 4.78 is 7.21. The number of ether oxygens (including phenoxy) is 1. The Balaban J connectivity index is 1.76. The number of hydrogen-bond donors (Lipinski definition) is 1. The van der Waals surface area contributed by atoms with E-state index >= 15 is 0 Å². The topological polar surface area (TPSA) is 72.8 Å². The van der Waals surface area contributed by atoms with Gasteiger partial charge in [0.2, 0.25) is 0 Å². The summed E-state index contributed by atoms with van der Waals surface area (Å²) in [6, 6.07) is 8.19. The minimum atomic E-state index is -0.0837. The maximum absolute atomic E-state index is 12.7. The standard InChI is InChI=1S/C20H24N4O2/c1-3-16-18-19(24(23-16)14-6-4-5-7-14)21-17(22-20(18)25)12-13-8-10-15(26-2)11-9-13/h8-11,14H,3-7,12H2,1-2H3,(H,21,22,25). The molecular weight excluding hydrogens is 328 g/mol. The van der Waals surface area contributed by atoms with Crippen molar-refractivity contribution in [2.75, 3.05) is 7.11 Å². The molecule has 1 aliphatic rings. The van der Waals surface area contributed by atoms with Gasteiger partial charge in [0, 0.05) is 6.42 Å². The van der Waals surface area contributed by atoms with Gasteiger partial charge in [0.1, 0.15) is 17.0 Å². The third-order valence-corrected chi connectivity index (χ3v) is 5.22. The van der Waals surface area contributed by atoms with Crippen LogP contribution in [0.3, 0.4) is 0 Å². The van der Waals surface area contributed by atoms with Crippen LogP contribution in [0.1, 0.15) is 55.7 Å². The normalized spacial score (nSPS) is 15.0. The van der Waals surface area contributed by atoms with Crippen LogP contribution in [-0.4, -0.2) is 26.9 Å². The largest absolute Gasteiger partial charge is 0.497 e. The number of aromatic amines is 1. The quantitative estimate of drug-likeness (QED) is 0.764. The van der Waals surface area contributed by atoms with Crippen LogP contribution < -0.4 is 10.3 Å². The van der Waals surface area contributed by atoms with Gasteiger partial charge >= 0.3 is 0 Å². The third kappa shape index (κ3) is 3.00. The van der Waals surface area contributed by atoms with E-state index in [1.807, 2.05) is 35.9 Å². The van der Waals surface area contributed by atoms with Gasteiger partial charge in [0.15, 0.2) is 5.65 Å². The van der Waals surface area contributed by atoms with Crippen LogP contribution in [-0.2, 0) is 12.8 Å². The molecule has 0 radical (unpaired) electrons. The average Bonchev–Trinajstić information content (AvgIpc) is 3.30. The van der Waals surface area contributed by atoms with E-state index < -0.39 is 0 Å². The van der Waals surface area contributed by atoms with E-state index in [9.17, 15) is 4.79 Å². The number of H-pyrrole nitrogens is 1. The number of benzene rings is 1. The van der Waals surface area contributed by atoms with Gasteiger partial charge < -0.3 is 9.72 Å². The lowest BCUT2D eigenvalue weighted by Crippen LogP contribution is -2.14. The van der Waals surface area contributed by atoms with Crippen molar-refractivity contribution in [2.45, 2.75) is 51.5 Å². The number of nitrogens with zero attached hydrogens (tertiary/aromatic N) is 3. The van der Waals surface area contributed by atoms with Crippen LogP contribution in [0.15, 0.2) is 29.1 Å². The lowest BCUT2D eigenvalue weighted by molar-refractivity contribution is 0.414. The Bertz CT molecular complexity index is 966. The highest BCUT2D eigenvalue weighted by Gasteiger charge is 2.24. The molecule has 1 fully saturated rings. The first kappa shape index (κ1) is 16.8. The van der Waals surface area contributed by atoms with Crippen molar-refractivity contribution in [1.82, 2.24) is 19.7 Å². The van der Waals surface area contributed by atoms with Crippen LogP contribution in [0.5, 0.6) is 5.75 Å². The Labute approximate surface area is 152 Å². The number of hydrogen-bond acceptors (Lipinski definition) is 4. The summed E-state index contributed by atoms with van der Waals surface area (Å²) in [5, 5.41) is 5.39. The molecule has 2 aromatic heterocycles. The molecule has 0 saturated heterocycles. The van der Waals surface area contributed by atoms with Gasteiger partial charge in [-0.3, -0.25) is 4.79 Å². The first-order valence-electron chi connectivity index (χ1n) is 9.32. The van der Waals surface area contributed by atoms with Crippen molar-refractivity contribution < 1.29 is 4.74 Å². The Morgan fingerprint density at radius 2 is 1.96 bits per heavy atom. The number of methoxy groups -OCH3 is 1. The monoisotopic (exact) mass is 352 g/mol. The maximum atomic E-state index is 12.7. The maximum Gasteiger partial charge on any atom is 0.262 e. The summed E-state index contributed by atoms with van der Waals surface area (Å²) in [4.78, 5) is 20.5. The molecule has 1 N–H and O–H groups in total. The number of nitrogens with one attached hydrogen (secondary N) is 1. The van der Waals surface area contributed by atoms with Gasteiger partial charge in [-0.2, -0.15) is 5.10 Å². The van der Waals surface area contributed by atoms with Crippen LogP contribution in [0, 0.1) is 0 Å². The zero-order valence-electron chi connectivity index (χ0n) is 15.3. The minimum Gasteiger partial charge on any atom is -0.497 e. The van der Waals surface area contributed by atoms with Crippen LogP contribution in [0.25, 0.3) is 11.0 Å². The van der Waals surface area contributed by atoms with Crippen molar-refractivity contribution in [3.8, 4) is 5.75 Å². The SMILES string of the molecule is CCc1nn(C2CCCC2)c2nc(Cc3ccc(OC)cc3)[nH]c(=O)c12. The molecule has 1 aliphatic carbocycles. The Morgan fingerprint density at radius 1 is 1.23 bits per heavy atom. The Morgan fingerprint density at radius 3 is 2.62 bits per heavy atom. The summed E-state index contributed by atoms with van der Waals surface area (Å²) in [7, 11) is 1.65. The van der Waals surface area contributed by atoms with E-state index in [4.69, 9.17) is 14.8 Å². The van der Waals surface area contributed by atoms with E-state index in [1.54, 1.807) is 7.11 Å². The Hall–Kier alpha value is -2.63. The fraction of sp³-hybridized carbons (Fsp3) is 0.450. The van der Waals surface area contributed by atoms with E-state index in [2.05, 4.69) is 4.98 Å². The number of rotatable bonds is 5. The molecule has 0 atom stereocenters. The fourth-order valence-corrected chi connectivity index (χ4v) is 3.83. The second-order valence-corrected chi connectivity index (χ2v) is 6.92. The first-order valence-corrected chi connectivity index (χ1v) is 9.32. The van der Waals surface area contributed by atoms with Gasteiger partial charge in [0.25, 0.3) is 5.56 Å². The zero-order valence-corrected chi connectivity index (χ0v) is 15.3. The van der Waals surface area contributed by atoms with Crippen LogP contribution >= 0.6 is 0 Å². The van der Waals surface area contributed by atoms with Crippen LogP contribution in [0.4, 0.5) is 0 Å². The van der Waals surface area contributed by atoms with Crippen molar-refractivity contribution >= 4 is 11.0 Å². The first-order chi connectivity index (χ1) is 12.7. The lowest BCUT2D eigenvalue weighted by atomic mass is 10.1. The number of aryl methyl sites for hydroxylation is 1. The second kappa shape index (κ2) is 6.94. The summed E-state index contributed by atoms with van der Waals surface area (Å²) in [6.07, 6.45) is 5.97. The fourth-order valence-electron chi connectivity index (χ4n) is 3.83. The lowest BCUT2D eigenvalue weighted by Gasteiger charge is -2.11. The van der Waals surface area contributed by atoms with Crippen LogP contribution in [0.2, 0.25) is 0 Å². The summed E-state index contributed by atoms with van der Waals surface area (Å²) >= 11 is 0. The molecule has 0 amide bonds. The molecule has 4 rings (SSSR count). The van der Waals surface area contributed by atoms with Crippen molar-refractivity contribution in [1.29, 1.82) is 0 Å². The van der Waals surface area contributed by atoms with Crippen molar-refractivity contribution in [3.05, 3.63) is 51.7 Å². The highest BCUT2D eigenvalue weighted by Crippen LogP contribution is 2.31. The molecule has 1 aromatic carbocycles. The van der Waals surface area contributed by atoms with E-state index in [0.29, 0.717) is 23.7 Å². The highest BCUT2D eigenvalue weighted by molar-refractivity contribution is 5.77. The van der Waals surface area contributed by atoms with Gasteiger partial charge in [0.05, 0.1) is 18.8 Å². The molecular formula is C20H24N4O2. The van der Waals surface area contributed by atoms with Crippen molar-refractivity contribution in [2.24, 2.45) is 0 Å². The van der Waals surface area contributed by atoms with Gasteiger partial charge in [-0.25, -0.2) is 9.67 Å². The molecule has 0 unspecified atom stereocenters. The van der Waals surface area contributed by atoms with Gasteiger partial charge in [-0.15, -0.1) is 0 Å². The predicted molar refractivity (Wildman–Crippen MR) is 101 cm³/mol. The molecule has 2 heterocycles. The molecule has 0 aliphatic heterocycles. The molecule has 6 heteroatoms. The van der Waals surface area contributed by atoms with Gasteiger partial charge in [-0.05, 0) is 37.0 Å². The van der Waals surface area contributed by atoms with E-state index in [1.165, 1.54) is 12.8 Å². The molecule has 0 bridgehead atoms. The summed E-state index contributed by atoms with van der Waals surface area (Å²) in [5.41, 5.74) is 2.58. The molecule has 3 aromatic rings. The average molecular weight is 352 g/mol. The number of aromatic nitrogens is 4. The third-order valence-electron chi connectivity index (χ3n) is 5.22. The molecule has 136 valence electrons. The molecule has 6 nitrogen and oxygen atoms in total. The van der Waals surface area contributed by atoms with Gasteiger partial charge in [-0.1, -0.05) is 31.9 Å². The predicted octanol–water partition coefficient (Wildman–Crippen LogP) is 3.40.